The van der Waals surface area contributed by atoms with Crippen molar-refractivity contribution in [3.63, 3.8) is 0 Å². The molecule has 0 atom stereocenters. The highest BCUT2D eigenvalue weighted by Crippen LogP contribution is 2.35. The normalized spacial score (nSPS) is 19.6. The van der Waals surface area contributed by atoms with Crippen LogP contribution in [0.25, 0.3) is 0 Å². The number of thiazole rings is 1. The SMILES string of the molecule is CC(C)(C)c1nc2c(s1)CS(=O)(=O)C2. The van der Waals surface area contributed by atoms with Gasteiger partial charge in [0.05, 0.1) is 22.2 Å². The lowest BCUT2D eigenvalue weighted by molar-refractivity contribution is 0.582. The minimum Gasteiger partial charge on any atom is -0.244 e. The molecule has 2 heterocycles. The summed E-state index contributed by atoms with van der Waals surface area (Å²) >= 11 is 1.54. The molecule has 5 heteroatoms. The molecule has 0 amide bonds. The number of rotatable bonds is 0. The van der Waals surface area contributed by atoms with Gasteiger partial charge in [0.25, 0.3) is 0 Å². The average Bonchev–Trinajstić information content (AvgIpc) is 2.37. The van der Waals surface area contributed by atoms with E-state index in [2.05, 4.69) is 25.8 Å². The van der Waals surface area contributed by atoms with Crippen LogP contribution >= 0.6 is 11.3 Å². The highest BCUT2D eigenvalue weighted by molar-refractivity contribution is 7.90. The molecule has 0 bridgehead atoms. The predicted octanol–water partition coefficient (Wildman–Crippen LogP) is 1.87. The minimum atomic E-state index is -2.88. The van der Waals surface area contributed by atoms with Gasteiger partial charge in [-0.15, -0.1) is 11.3 Å². The van der Waals surface area contributed by atoms with E-state index in [0.717, 1.165) is 15.6 Å². The molecule has 0 fully saturated rings. The first-order chi connectivity index (χ1) is 6.28. The second-order valence-corrected chi connectivity index (χ2v) is 7.82. The van der Waals surface area contributed by atoms with Crippen molar-refractivity contribution < 1.29 is 8.42 Å². The Hall–Kier alpha value is -0.420. The minimum absolute atomic E-state index is 0.0266. The Morgan fingerprint density at radius 3 is 2.43 bits per heavy atom. The Kier molecular flexibility index (Phi) is 2.02. The predicted molar refractivity (Wildman–Crippen MR) is 57.1 cm³/mol. The van der Waals surface area contributed by atoms with Gasteiger partial charge in [-0.1, -0.05) is 20.8 Å². The van der Waals surface area contributed by atoms with Crippen LogP contribution in [0.2, 0.25) is 0 Å². The molecular weight excluding hydrogens is 218 g/mol. The summed E-state index contributed by atoms with van der Waals surface area (Å²) in [5.41, 5.74) is 0.804. The Labute approximate surface area is 88.1 Å². The van der Waals surface area contributed by atoms with Crippen LogP contribution < -0.4 is 0 Å². The fourth-order valence-electron chi connectivity index (χ4n) is 1.39. The van der Waals surface area contributed by atoms with Crippen molar-refractivity contribution in [2.24, 2.45) is 0 Å². The molecule has 0 spiro atoms. The van der Waals surface area contributed by atoms with Crippen LogP contribution in [0.1, 0.15) is 36.3 Å². The maximum absolute atomic E-state index is 11.3. The van der Waals surface area contributed by atoms with Gasteiger partial charge in [-0.2, -0.15) is 0 Å². The van der Waals surface area contributed by atoms with E-state index in [1.165, 1.54) is 0 Å². The van der Waals surface area contributed by atoms with Gasteiger partial charge < -0.3 is 0 Å². The smallest absolute Gasteiger partial charge is 0.161 e. The van der Waals surface area contributed by atoms with E-state index in [0.29, 0.717) is 0 Å². The molecule has 1 aliphatic heterocycles. The van der Waals surface area contributed by atoms with E-state index in [1.54, 1.807) is 11.3 Å². The molecule has 1 aromatic heterocycles. The summed E-state index contributed by atoms with van der Waals surface area (Å²) in [6.07, 6.45) is 0. The first-order valence-electron chi connectivity index (χ1n) is 4.47. The Bertz CT molecular complexity index is 436. The quantitative estimate of drug-likeness (QED) is 0.685. The van der Waals surface area contributed by atoms with E-state index in [-0.39, 0.29) is 16.9 Å². The number of fused-ring (bicyclic) bond motifs is 1. The van der Waals surface area contributed by atoms with Gasteiger partial charge in [-0.05, 0) is 0 Å². The van der Waals surface area contributed by atoms with Crippen LogP contribution in [0.5, 0.6) is 0 Å². The van der Waals surface area contributed by atoms with Crippen molar-refractivity contribution in [2.75, 3.05) is 0 Å². The number of aromatic nitrogens is 1. The van der Waals surface area contributed by atoms with Crippen molar-refractivity contribution in [3.05, 3.63) is 15.6 Å². The van der Waals surface area contributed by atoms with Crippen molar-refractivity contribution in [1.82, 2.24) is 4.98 Å². The lowest BCUT2D eigenvalue weighted by atomic mass is 9.98. The molecule has 0 radical (unpaired) electrons. The third-order valence-electron chi connectivity index (χ3n) is 2.13. The van der Waals surface area contributed by atoms with E-state index < -0.39 is 9.84 Å². The third-order valence-corrected chi connectivity index (χ3v) is 5.28. The fraction of sp³-hybridized carbons (Fsp3) is 0.667. The van der Waals surface area contributed by atoms with Crippen molar-refractivity contribution in [1.29, 1.82) is 0 Å². The molecule has 0 aliphatic carbocycles. The second kappa shape index (κ2) is 2.79. The van der Waals surface area contributed by atoms with Crippen LogP contribution in [0, 0.1) is 0 Å². The van der Waals surface area contributed by atoms with E-state index in [4.69, 9.17) is 0 Å². The zero-order valence-electron chi connectivity index (χ0n) is 8.49. The number of hydrogen-bond donors (Lipinski definition) is 0. The largest absolute Gasteiger partial charge is 0.244 e. The van der Waals surface area contributed by atoms with Gasteiger partial charge in [0.1, 0.15) is 0 Å². The van der Waals surface area contributed by atoms with Crippen molar-refractivity contribution >= 4 is 21.2 Å². The topological polar surface area (TPSA) is 47.0 Å². The van der Waals surface area contributed by atoms with Crippen LogP contribution in [-0.2, 0) is 26.8 Å². The molecule has 0 N–H and O–H groups in total. The van der Waals surface area contributed by atoms with Crippen LogP contribution in [0.15, 0.2) is 0 Å². The summed E-state index contributed by atoms with van der Waals surface area (Å²) in [6, 6.07) is 0. The summed E-state index contributed by atoms with van der Waals surface area (Å²) in [7, 11) is -2.88. The maximum atomic E-state index is 11.3. The molecule has 78 valence electrons. The van der Waals surface area contributed by atoms with Crippen LogP contribution in [0.4, 0.5) is 0 Å². The van der Waals surface area contributed by atoms with Gasteiger partial charge >= 0.3 is 0 Å². The highest BCUT2D eigenvalue weighted by Gasteiger charge is 2.31. The van der Waals surface area contributed by atoms with Crippen LogP contribution in [0.3, 0.4) is 0 Å². The van der Waals surface area contributed by atoms with E-state index in [1.807, 2.05) is 0 Å². The third kappa shape index (κ3) is 1.70. The first-order valence-corrected chi connectivity index (χ1v) is 7.11. The summed E-state index contributed by atoms with van der Waals surface area (Å²) in [6.45, 7) is 6.28. The molecule has 2 rings (SSSR count). The Morgan fingerprint density at radius 1 is 1.29 bits per heavy atom. The molecular formula is C9H13NO2S2. The summed E-state index contributed by atoms with van der Waals surface area (Å²) in [4.78, 5) is 5.34. The van der Waals surface area contributed by atoms with Gasteiger partial charge in [0.15, 0.2) is 9.84 Å². The number of hydrogen-bond acceptors (Lipinski definition) is 4. The molecule has 0 saturated heterocycles. The van der Waals surface area contributed by atoms with Crippen molar-refractivity contribution in [2.45, 2.75) is 37.7 Å². The molecule has 1 aromatic rings. The molecule has 3 nitrogen and oxygen atoms in total. The first kappa shape index (κ1) is 10.1. The highest BCUT2D eigenvalue weighted by atomic mass is 32.2. The van der Waals surface area contributed by atoms with Gasteiger partial charge in [0.2, 0.25) is 0 Å². The zero-order chi connectivity index (χ0) is 10.6. The lowest BCUT2D eigenvalue weighted by Crippen LogP contribution is -2.11. The van der Waals surface area contributed by atoms with Gasteiger partial charge in [-0.25, -0.2) is 13.4 Å². The maximum Gasteiger partial charge on any atom is 0.161 e. The summed E-state index contributed by atoms with van der Waals surface area (Å²) < 4.78 is 22.6. The van der Waals surface area contributed by atoms with E-state index in [9.17, 15) is 8.42 Å². The van der Waals surface area contributed by atoms with Gasteiger partial charge in [0, 0.05) is 10.3 Å². The molecule has 0 saturated carbocycles. The lowest BCUT2D eigenvalue weighted by Gasteiger charge is -2.13. The molecule has 0 unspecified atom stereocenters. The number of nitrogens with zero attached hydrogens (tertiary/aromatic N) is 1. The van der Waals surface area contributed by atoms with Crippen molar-refractivity contribution in [3.8, 4) is 0 Å². The molecule has 14 heavy (non-hydrogen) atoms. The summed E-state index contributed by atoms with van der Waals surface area (Å²) in [5.74, 6) is 0.324. The zero-order valence-corrected chi connectivity index (χ0v) is 10.1. The van der Waals surface area contributed by atoms with E-state index >= 15 is 0 Å². The van der Waals surface area contributed by atoms with Gasteiger partial charge in [-0.3, -0.25) is 0 Å². The average molecular weight is 231 g/mol. The second-order valence-electron chi connectivity index (χ2n) is 4.67. The summed E-state index contributed by atoms with van der Waals surface area (Å²) in [5, 5.41) is 1.04. The Balaban J connectivity index is 2.41. The standard InChI is InChI=1S/C9H13NO2S2/c1-9(2,3)8-10-6-4-14(11,12)5-7(6)13-8/h4-5H2,1-3H3. The molecule has 0 aromatic carbocycles. The van der Waals surface area contributed by atoms with Crippen LogP contribution in [-0.4, -0.2) is 13.4 Å². The fourth-order valence-corrected chi connectivity index (χ4v) is 4.51. The number of sulfone groups is 1. The molecule has 1 aliphatic rings. The monoisotopic (exact) mass is 231 g/mol. The Morgan fingerprint density at radius 2 is 1.93 bits per heavy atom.